The third-order valence-electron chi connectivity index (χ3n) is 1.62. The van der Waals surface area contributed by atoms with Gasteiger partial charge in [0.05, 0.1) is 0 Å². The molecule has 0 aliphatic carbocycles. The van der Waals surface area contributed by atoms with Crippen LogP contribution in [0.25, 0.3) is 0 Å². The molecule has 0 heterocycles. The molecular weight excluding hydrogens is 183 g/mol. The van der Waals surface area contributed by atoms with Crippen LogP contribution < -0.4 is 0 Å². The molecule has 0 rings (SSSR count). The van der Waals surface area contributed by atoms with Crippen LogP contribution in [0.4, 0.5) is 0 Å². The maximum absolute atomic E-state index is 9.44. The van der Waals surface area contributed by atoms with Gasteiger partial charge in [0.2, 0.25) is 0 Å². The van der Waals surface area contributed by atoms with Gasteiger partial charge in [-0.1, -0.05) is 32.6 Å². The topological polar surface area (TPSA) is 20.2 Å². The summed E-state index contributed by atoms with van der Waals surface area (Å²) in [6.07, 6.45) is 0.926. The van der Waals surface area contributed by atoms with Crippen molar-refractivity contribution in [3.63, 3.8) is 0 Å². The Kier molecular flexibility index (Phi) is 4.50. The lowest BCUT2D eigenvalue weighted by Crippen LogP contribution is -2.11. The van der Waals surface area contributed by atoms with E-state index >= 15 is 0 Å². The zero-order chi connectivity index (χ0) is 8.36. The summed E-state index contributed by atoms with van der Waals surface area (Å²) in [7, 11) is 0. The molecule has 0 fully saturated rings. The summed E-state index contributed by atoms with van der Waals surface area (Å²) in [6.45, 7) is 6.18. The van der Waals surface area contributed by atoms with Crippen molar-refractivity contribution in [3.8, 4) is 0 Å². The van der Waals surface area contributed by atoms with Crippen LogP contribution in [0.2, 0.25) is 0 Å². The van der Waals surface area contributed by atoms with Crippen LogP contribution in [0.1, 0.15) is 27.2 Å². The van der Waals surface area contributed by atoms with Crippen molar-refractivity contribution in [2.45, 2.75) is 32.9 Å². The lowest BCUT2D eigenvalue weighted by molar-refractivity contribution is 0.538. The largest absolute Gasteiger partial charge is 0.357 e. The molecule has 0 aromatic heterocycles. The zero-order valence-corrected chi connectivity index (χ0v) is 9.22. The van der Waals surface area contributed by atoms with E-state index in [4.69, 9.17) is 11.8 Å². The molecule has 1 N–H and O–H groups in total. The second kappa shape index (κ2) is 4.10. The minimum absolute atomic E-state index is 0.214. The van der Waals surface area contributed by atoms with Crippen LogP contribution in [0.3, 0.4) is 0 Å². The molecule has 0 saturated heterocycles. The number of thiol groups is 1. The monoisotopic (exact) mass is 198 g/mol. The van der Waals surface area contributed by atoms with Gasteiger partial charge in [-0.25, -0.2) is 0 Å². The molecule has 10 heavy (non-hydrogen) atoms. The first-order chi connectivity index (χ1) is 4.39. The molecular formula is C6H15OPS2. The van der Waals surface area contributed by atoms with Crippen molar-refractivity contribution < 1.29 is 4.89 Å². The summed E-state index contributed by atoms with van der Waals surface area (Å²) in [5, 5.41) is 0. The van der Waals surface area contributed by atoms with Crippen LogP contribution in [0.15, 0.2) is 0 Å². The van der Waals surface area contributed by atoms with Gasteiger partial charge in [0.15, 0.2) is 0 Å². The third kappa shape index (κ3) is 3.38. The maximum atomic E-state index is 9.44. The molecule has 0 aromatic rings. The van der Waals surface area contributed by atoms with E-state index in [9.17, 15) is 4.89 Å². The van der Waals surface area contributed by atoms with Crippen LogP contribution in [-0.2, 0) is 11.8 Å². The fraction of sp³-hybridized carbons (Fsp3) is 1.00. The van der Waals surface area contributed by atoms with Crippen molar-refractivity contribution in [1.82, 2.24) is 0 Å². The van der Waals surface area contributed by atoms with Crippen molar-refractivity contribution in [2.24, 2.45) is 5.92 Å². The first-order valence-electron chi connectivity index (χ1n) is 3.44. The fourth-order valence-electron chi connectivity index (χ4n) is 1.10. The molecule has 4 heteroatoms. The lowest BCUT2D eigenvalue weighted by atomic mass is 10.1. The van der Waals surface area contributed by atoms with E-state index in [1.54, 1.807) is 0 Å². The molecule has 0 bridgehead atoms. The summed E-state index contributed by atoms with van der Waals surface area (Å²) in [6, 6.07) is 0. The summed E-state index contributed by atoms with van der Waals surface area (Å²) >= 11 is 8.96. The summed E-state index contributed by atoms with van der Waals surface area (Å²) in [4.78, 5) is 9.44. The highest BCUT2D eigenvalue weighted by Crippen LogP contribution is 2.55. The molecule has 0 aliphatic rings. The lowest BCUT2D eigenvalue weighted by Gasteiger charge is -2.23. The second-order valence-electron chi connectivity index (χ2n) is 2.81. The summed E-state index contributed by atoms with van der Waals surface area (Å²) in [5.41, 5.74) is -2.09. The van der Waals surface area contributed by atoms with Crippen LogP contribution in [-0.4, -0.2) is 10.6 Å². The fourth-order valence-corrected chi connectivity index (χ4v) is 4.82. The van der Waals surface area contributed by atoms with Gasteiger partial charge in [-0.05, 0) is 12.3 Å². The molecule has 1 nitrogen and oxygen atoms in total. The van der Waals surface area contributed by atoms with E-state index in [2.05, 4.69) is 26.1 Å². The standard InChI is InChI=1S/C6H15OPS2/c1-4-6(5(2)3)8(7,9)10/h5-6H,4H2,1-3H3,(H2,7,9,10). The zero-order valence-electron chi connectivity index (χ0n) is 6.61. The van der Waals surface area contributed by atoms with E-state index in [0.29, 0.717) is 5.92 Å². The van der Waals surface area contributed by atoms with E-state index in [1.807, 2.05) is 6.92 Å². The molecule has 62 valence electrons. The maximum Gasteiger partial charge on any atom is 0.117 e. The van der Waals surface area contributed by atoms with Crippen molar-refractivity contribution >= 4 is 29.5 Å². The minimum atomic E-state index is -2.30. The van der Waals surface area contributed by atoms with E-state index < -0.39 is 5.47 Å². The predicted octanol–water partition coefficient (Wildman–Crippen LogP) is 2.65. The van der Waals surface area contributed by atoms with Gasteiger partial charge in [-0.3, -0.25) is 0 Å². The van der Waals surface area contributed by atoms with Gasteiger partial charge >= 0.3 is 0 Å². The van der Waals surface area contributed by atoms with Gasteiger partial charge in [0, 0.05) is 5.66 Å². The molecule has 0 spiro atoms. The van der Waals surface area contributed by atoms with Crippen LogP contribution >= 0.6 is 17.7 Å². The second-order valence-corrected chi connectivity index (χ2v) is 8.96. The number of hydrogen-bond donors (Lipinski definition) is 2. The van der Waals surface area contributed by atoms with Crippen molar-refractivity contribution in [1.29, 1.82) is 0 Å². The van der Waals surface area contributed by atoms with Gasteiger partial charge in [0.1, 0.15) is 5.47 Å². The summed E-state index contributed by atoms with van der Waals surface area (Å²) < 4.78 is 0. The molecule has 0 saturated carbocycles. The quantitative estimate of drug-likeness (QED) is 0.537. The average Bonchev–Trinajstić information content (AvgIpc) is 1.60. The highest BCUT2D eigenvalue weighted by Gasteiger charge is 2.23. The Bertz CT molecular complexity index is 141. The molecule has 0 radical (unpaired) electrons. The summed E-state index contributed by atoms with van der Waals surface area (Å²) in [5.74, 6) is 0.443. The Labute approximate surface area is 73.5 Å². The molecule has 2 unspecified atom stereocenters. The molecule has 2 atom stereocenters. The Hall–Kier alpha value is 0.960. The van der Waals surface area contributed by atoms with Crippen LogP contribution in [0.5, 0.6) is 0 Å². The van der Waals surface area contributed by atoms with E-state index in [-0.39, 0.29) is 5.66 Å². The SMILES string of the molecule is CCC(C(C)C)P(O)(=S)S. The van der Waals surface area contributed by atoms with Crippen molar-refractivity contribution in [2.75, 3.05) is 0 Å². The van der Waals surface area contributed by atoms with Crippen LogP contribution in [0, 0.1) is 5.92 Å². The Morgan fingerprint density at radius 2 is 2.00 bits per heavy atom. The Morgan fingerprint density at radius 3 is 2.00 bits per heavy atom. The normalized spacial score (nSPS) is 20.6. The van der Waals surface area contributed by atoms with E-state index in [0.717, 1.165) is 6.42 Å². The van der Waals surface area contributed by atoms with Gasteiger partial charge < -0.3 is 4.89 Å². The number of hydrogen-bond acceptors (Lipinski definition) is 1. The first kappa shape index (κ1) is 11.0. The Morgan fingerprint density at radius 1 is 1.60 bits per heavy atom. The van der Waals surface area contributed by atoms with Gasteiger partial charge in [-0.2, -0.15) is 0 Å². The minimum Gasteiger partial charge on any atom is -0.357 e. The van der Waals surface area contributed by atoms with Gasteiger partial charge in [0.25, 0.3) is 0 Å². The highest BCUT2D eigenvalue weighted by atomic mass is 32.9. The average molecular weight is 198 g/mol. The highest BCUT2D eigenvalue weighted by molar-refractivity contribution is 8.61. The van der Waals surface area contributed by atoms with E-state index in [1.165, 1.54) is 0 Å². The number of rotatable bonds is 3. The van der Waals surface area contributed by atoms with Crippen molar-refractivity contribution in [3.05, 3.63) is 0 Å². The molecule has 0 aliphatic heterocycles. The Balaban J connectivity index is 4.22. The molecule has 0 amide bonds. The smallest absolute Gasteiger partial charge is 0.117 e. The molecule has 0 aromatic carbocycles. The third-order valence-corrected chi connectivity index (χ3v) is 5.15. The van der Waals surface area contributed by atoms with Gasteiger partial charge in [-0.15, -0.1) is 12.2 Å². The first-order valence-corrected chi connectivity index (χ1v) is 7.42. The predicted molar refractivity (Wildman–Crippen MR) is 54.4 cm³/mol.